The van der Waals surface area contributed by atoms with E-state index >= 15 is 0 Å². The fraction of sp³-hybridized carbons (Fsp3) is 0.170. The average Bonchev–Trinajstić information content (AvgIpc) is 3.32. The predicted molar refractivity (Wildman–Crippen MR) is 241 cm³/mol. The summed E-state index contributed by atoms with van der Waals surface area (Å²) in [7, 11) is 0. The number of halogens is 2. The van der Waals surface area contributed by atoms with Crippen molar-refractivity contribution in [3.8, 4) is 6.19 Å². The van der Waals surface area contributed by atoms with Crippen molar-refractivity contribution in [1.82, 2.24) is 41.2 Å². The summed E-state index contributed by atoms with van der Waals surface area (Å²) < 4.78 is 26.8. The molecule has 9 N–H and O–H groups in total. The number of nitrogen functional groups attached to an aromatic ring is 1. The second-order valence-corrected chi connectivity index (χ2v) is 14.8. The Morgan fingerprint density at radius 1 is 0.621 bits per heavy atom. The fourth-order valence-electron chi connectivity index (χ4n) is 6.11. The smallest absolute Gasteiger partial charge is 0.270 e. The number of benzene rings is 4. The van der Waals surface area contributed by atoms with E-state index in [9.17, 15) is 28.0 Å². The Hall–Kier alpha value is -8.79. The second kappa shape index (κ2) is 22.5. The molecule has 17 nitrogen and oxygen atoms in total. The zero-order valence-electron chi connectivity index (χ0n) is 36.2. The van der Waals surface area contributed by atoms with Crippen LogP contribution >= 0.6 is 0 Å². The quantitative estimate of drug-likeness (QED) is 0.0426. The Morgan fingerprint density at radius 3 is 1.36 bits per heavy atom. The molecule has 4 amide bonds. The van der Waals surface area contributed by atoms with Crippen LogP contribution in [-0.4, -0.2) is 55.2 Å². The van der Waals surface area contributed by atoms with E-state index in [0.717, 1.165) is 34.9 Å². The first-order valence-electron chi connectivity index (χ1n) is 20.1. The van der Waals surface area contributed by atoms with Gasteiger partial charge in [-0.2, -0.15) is 10.3 Å². The van der Waals surface area contributed by atoms with Gasteiger partial charge in [0.05, 0.1) is 12.1 Å². The monoisotopic (exact) mass is 893 g/mol. The molecule has 0 unspecified atom stereocenters. The van der Waals surface area contributed by atoms with Crippen LogP contribution in [0.3, 0.4) is 0 Å². The van der Waals surface area contributed by atoms with Gasteiger partial charge in [-0.1, -0.05) is 72.8 Å². The fourth-order valence-corrected chi connectivity index (χ4v) is 6.11. The number of nitrogens with one attached hydrogen (secondary N) is 5. The summed E-state index contributed by atoms with van der Waals surface area (Å²) in [6.07, 6.45) is 3.92. The van der Waals surface area contributed by atoms with Gasteiger partial charge in [0.15, 0.2) is 0 Å². The highest BCUT2D eigenvalue weighted by atomic mass is 19.1. The standard InChI is InChI=1S/C24H22FN7O2.C23H23FN6O2/c1-14-9-16(3-8-19(14)25)11-28-23(33)20-10-21(31-13-30-20)24(34)32-15(2)17-4-6-18(7-5-17)22(27)29-12-26;1-13-9-15(3-8-18(13)24)11-27-22(31)19-10-20(29-12-28-19)23(32)30-14(2)16-4-6-17(7-5-16)21(25)26/h3-10,13,15H,11H2,1-2H3,(H2,27,29)(H,28,33)(H,32,34);3-10,12,14H,11H2,1-2H3,(H3,25,26)(H,27,31)(H,30,32)/t15-;14-/m00/s1. The number of carbonyl (C=O) groups is 4. The topological polar surface area (TPSA) is 280 Å². The maximum Gasteiger partial charge on any atom is 0.270 e. The summed E-state index contributed by atoms with van der Waals surface area (Å²) in [5.41, 5.74) is 16.6. The van der Waals surface area contributed by atoms with Gasteiger partial charge in [0, 0.05) is 36.3 Å². The zero-order valence-corrected chi connectivity index (χ0v) is 36.2. The van der Waals surface area contributed by atoms with Crippen LogP contribution in [0.2, 0.25) is 0 Å². The van der Waals surface area contributed by atoms with E-state index in [1.54, 1.807) is 107 Å². The molecule has 0 aliphatic heterocycles. The van der Waals surface area contributed by atoms with Crippen molar-refractivity contribution < 1.29 is 28.0 Å². The molecule has 336 valence electrons. The van der Waals surface area contributed by atoms with E-state index in [1.807, 2.05) is 0 Å². The third-order valence-electron chi connectivity index (χ3n) is 9.91. The average molecular weight is 894 g/mol. The molecule has 0 saturated carbocycles. The van der Waals surface area contributed by atoms with Crippen molar-refractivity contribution in [2.75, 3.05) is 0 Å². The summed E-state index contributed by atoms with van der Waals surface area (Å²) in [6.45, 7) is 7.26. The Kier molecular flexibility index (Phi) is 16.5. The second-order valence-electron chi connectivity index (χ2n) is 14.8. The third kappa shape index (κ3) is 13.4. The van der Waals surface area contributed by atoms with Crippen LogP contribution in [0.25, 0.3) is 0 Å². The molecule has 0 aliphatic rings. The highest BCUT2D eigenvalue weighted by molar-refractivity contribution is 5.99. The van der Waals surface area contributed by atoms with Crippen LogP contribution in [0, 0.1) is 42.3 Å². The Labute approximate surface area is 378 Å². The van der Waals surface area contributed by atoms with Gasteiger partial charge in [0.25, 0.3) is 23.6 Å². The molecule has 6 rings (SSSR count). The van der Waals surface area contributed by atoms with Crippen molar-refractivity contribution in [3.05, 3.63) is 189 Å². The van der Waals surface area contributed by atoms with Gasteiger partial charge in [-0.05, 0) is 73.2 Å². The van der Waals surface area contributed by atoms with Crippen LogP contribution in [0.15, 0.2) is 115 Å². The van der Waals surface area contributed by atoms with Gasteiger partial charge in [-0.15, -0.1) is 0 Å². The summed E-state index contributed by atoms with van der Waals surface area (Å²) in [6, 6.07) is 24.9. The minimum Gasteiger partial charge on any atom is -0.384 e. The molecule has 66 heavy (non-hydrogen) atoms. The molecule has 4 aromatic carbocycles. The first-order chi connectivity index (χ1) is 31.5. The van der Waals surface area contributed by atoms with E-state index in [0.29, 0.717) is 22.3 Å². The largest absolute Gasteiger partial charge is 0.384 e. The molecule has 6 aromatic rings. The molecule has 0 fully saturated rings. The summed E-state index contributed by atoms with van der Waals surface area (Å²) in [4.78, 5) is 69.5. The number of hydrogen-bond donors (Lipinski definition) is 7. The number of amidine groups is 2. The van der Waals surface area contributed by atoms with Gasteiger partial charge in [-0.25, -0.2) is 28.7 Å². The number of aliphatic imine (C=N–C) groups is 1. The van der Waals surface area contributed by atoms with Gasteiger partial charge < -0.3 is 32.7 Å². The molecule has 0 radical (unpaired) electrons. The van der Waals surface area contributed by atoms with Crippen molar-refractivity contribution in [2.24, 2.45) is 16.5 Å². The van der Waals surface area contributed by atoms with Crippen molar-refractivity contribution in [1.29, 1.82) is 10.7 Å². The van der Waals surface area contributed by atoms with Crippen LogP contribution < -0.4 is 32.7 Å². The molecule has 19 heteroatoms. The van der Waals surface area contributed by atoms with Crippen molar-refractivity contribution >= 4 is 35.3 Å². The van der Waals surface area contributed by atoms with E-state index < -0.39 is 23.6 Å². The number of carbonyl (C=O) groups excluding carboxylic acids is 4. The van der Waals surface area contributed by atoms with Crippen LogP contribution in [-0.2, 0) is 13.1 Å². The SMILES string of the molecule is Cc1cc(CNC(=O)c2cc(C(=O)N[C@@H](C)c3ccc(C(=N)N)cc3)ncn2)ccc1F.Cc1cc(CNC(=O)c2cc(C(=O)N[C@@H](C)c3ccc(C(N)=NC#N)cc3)ncn2)ccc1F. The zero-order chi connectivity index (χ0) is 47.9. The van der Waals surface area contributed by atoms with E-state index in [-0.39, 0.29) is 71.3 Å². The van der Waals surface area contributed by atoms with Gasteiger partial charge in [-0.3, -0.25) is 24.6 Å². The Balaban J connectivity index is 0.000000248. The Bertz CT molecular complexity index is 2830. The number of aromatic nitrogens is 4. The van der Waals surface area contributed by atoms with Crippen molar-refractivity contribution in [2.45, 2.75) is 52.9 Å². The molecule has 0 spiro atoms. The summed E-state index contributed by atoms with van der Waals surface area (Å²) in [5, 5.41) is 27.0. The van der Waals surface area contributed by atoms with Gasteiger partial charge >= 0.3 is 0 Å². The molecule has 0 aliphatic carbocycles. The number of nitrogens with two attached hydrogens (primary N) is 2. The molecule has 2 heterocycles. The lowest BCUT2D eigenvalue weighted by Gasteiger charge is -2.14. The normalized spacial score (nSPS) is 11.7. The van der Waals surface area contributed by atoms with E-state index in [2.05, 4.69) is 46.2 Å². The molecule has 0 bridgehead atoms. The van der Waals surface area contributed by atoms with Gasteiger partial charge in [0.2, 0.25) is 6.19 Å². The number of nitriles is 1. The van der Waals surface area contributed by atoms with E-state index in [1.165, 1.54) is 24.3 Å². The number of nitrogens with zero attached hydrogens (tertiary/aromatic N) is 6. The van der Waals surface area contributed by atoms with Gasteiger partial charge in [0.1, 0.15) is 58.7 Å². The maximum absolute atomic E-state index is 13.4. The number of hydrogen-bond acceptors (Lipinski definition) is 11. The number of rotatable bonds is 14. The van der Waals surface area contributed by atoms with Crippen LogP contribution in [0.1, 0.15) is 112 Å². The highest BCUT2D eigenvalue weighted by Crippen LogP contribution is 2.17. The van der Waals surface area contributed by atoms with E-state index in [4.69, 9.17) is 22.1 Å². The lowest BCUT2D eigenvalue weighted by atomic mass is 10.1. The number of amides is 4. The third-order valence-corrected chi connectivity index (χ3v) is 9.91. The minimum absolute atomic E-state index is 0.0308. The van der Waals surface area contributed by atoms with Crippen molar-refractivity contribution in [3.63, 3.8) is 0 Å². The molecule has 2 atom stereocenters. The lowest BCUT2D eigenvalue weighted by Crippen LogP contribution is -2.29. The Morgan fingerprint density at radius 2 is 1.00 bits per heavy atom. The lowest BCUT2D eigenvalue weighted by molar-refractivity contribution is 0.0921. The maximum atomic E-state index is 13.4. The minimum atomic E-state index is -0.487. The van der Waals surface area contributed by atoms with Crippen LogP contribution in [0.4, 0.5) is 8.78 Å². The first kappa shape index (κ1) is 48.2. The van der Waals surface area contributed by atoms with Crippen LogP contribution in [0.5, 0.6) is 0 Å². The molecular formula is C47H45F2N13O4. The first-order valence-corrected chi connectivity index (χ1v) is 20.1. The molecular weight excluding hydrogens is 849 g/mol. The highest BCUT2D eigenvalue weighted by Gasteiger charge is 2.18. The summed E-state index contributed by atoms with van der Waals surface area (Å²) >= 11 is 0. The number of aryl methyl sites for hydroxylation is 2. The predicted octanol–water partition coefficient (Wildman–Crippen LogP) is 5.16. The molecule has 2 aromatic heterocycles. The summed E-state index contributed by atoms with van der Waals surface area (Å²) in [5.74, 6) is -2.46. The molecule has 0 saturated heterocycles.